The first-order valence-electron chi connectivity index (χ1n) is 6.45. The maximum absolute atomic E-state index is 12.6. The van der Waals surface area contributed by atoms with Gasteiger partial charge in [-0.25, -0.2) is 8.42 Å². The van der Waals surface area contributed by atoms with Gasteiger partial charge in [0, 0.05) is 0 Å². The summed E-state index contributed by atoms with van der Waals surface area (Å²) in [6.45, 7) is 5.46. The molecule has 4 nitrogen and oxygen atoms in total. The van der Waals surface area contributed by atoms with Gasteiger partial charge in [-0.1, -0.05) is 29.8 Å². The standard InChI is InChI=1S/C16H16N2O2S/c1-11-8-12(2)16(13(3)9-11)21(19,20)18-15-7-5-4-6-14(15)10-17/h4-9,18H,1-3H3. The van der Waals surface area contributed by atoms with E-state index in [-0.39, 0.29) is 4.90 Å². The summed E-state index contributed by atoms with van der Waals surface area (Å²) in [7, 11) is -3.73. The molecular formula is C16H16N2O2S. The van der Waals surface area contributed by atoms with Gasteiger partial charge in [0.2, 0.25) is 0 Å². The number of para-hydroxylation sites is 1. The molecule has 0 aromatic heterocycles. The van der Waals surface area contributed by atoms with Crippen molar-refractivity contribution in [3.63, 3.8) is 0 Å². The second-order valence-corrected chi connectivity index (χ2v) is 6.61. The van der Waals surface area contributed by atoms with Crippen molar-refractivity contribution in [3.8, 4) is 6.07 Å². The van der Waals surface area contributed by atoms with E-state index in [0.29, 0.717) is 22.4 Å². The van der Waals surface area contributed by atoms with Gasteiger partial charge in [-0.2, -0.15) is 5.26 Å². The number of sulfonamides is 1. The molecule has 0 aliphatic carbocycles. The molecule has 21 heavy (non-hydrogen) atoms. The van der Waals surface area contributed by atoms with E-state index in [9.17, 15) is 8.42 Å². The summed E-state index contributed by atoms with van der Waals surface area (Å²) < 4.78 is 27.7. The SMILES string of the molecule is Cc1cc(C)c(S(=O)(=O)Nc2ccccc2C#N)c(C)c1. The molecule has 0 spiro atoms. The summed E-state index contributed by atoms with van der Waals surface area (Å²) in [4.78, 5) is 0.265. The lowest BCUT2D eigenvalue weighted by atomic mass is 10.1. The lowest BCUT2D eigenvalue weighted by molar-refractivity contribution is 0.600. The number of hydrogen-bond acceptors (Lipinski definition) is 3. The minimum Gasteiger partial charge on any atom is -0.278 e. The molecule has 0 aliphatic rings. The normalized spacial score (nSPS) is 11.0. The molecule has 0 saturated carbocycles. The molecule has 0 bridgehead atoms. The molecule has 0 amide bonds. The predicted molar refractivity (Wildman–Crippen MR) is 82.6 cm³/mol. The average Bonchev–Trinajstić information content (AvgIpc) is 2.37. The molecule has 0 aliphatic heterocycles. The Morgan fingerprint density at radius 1 is 1.05 bits per heavy atom. The first-order chi connectivity index (χ1) is 9.85. The third-order valence-corrected chi connectivity index (χ3v) is 4.84. The molecular weight excluding hydrogens is 284 g/mol. The number of nitriles is 1. The molecule has 0 unspecified atom stereocenters. The highest BCUT2D eigenvalue weighted by Gasteiger charge is 2.20. The molecule has 0 saturated heterocycles. The second kappa shape index (κ2) is 5.58. The van der Waals surface area contributed by atoms with E-state index < -0.39 is 10.0 Å². The fraction of sp³-hybridized carbons (Fsp3) is 0.188. The highest BCUT2D eigenvalue weighted by Crippen LogP contribution is 2.25. The minimum absolute atomic E-state index is 0.265. The Balaban J connectivity index is 2.52. The summed E-state index contributed by atoms with van der Waals surface area (Å²) in [5.41, 5.74) is 2.98. The molecule has 0 atom stereocenters. The molecule has 0 fully saturated rings. The van der Waals surface area contributed by atoms with Crippen molar-refractivity contribution in [1.82, 2.24) is 0 Å². The number of aryl methyl sites for hydroxylation is 3. The van der Waals surface area contributed by atoms with Gasteiger partial charge in [-0.05, 0) is 44.0 Å². The molecule has 2 aromatic rings. The van der Waals surface area contributed by atoms with Crippen LogP contribution in [0.25, 0.3) is 0 Å². The van der Waals surface area contributed by atoms with Gasteiger partial charge >= 0.3 is 0 Å². The summed E-state index contributed by atoms with van der Waals surface area (Å²) in [6.07, 6.45) is 0. The van der Waals surface area contributed by atoms with Crippen LogP contribution in [0.1, 0.15) is 22.3 Å². The summed E-state index contributed by atoms with van der Waals surface area (Å²) in [6, 6.07) is 12.2. The summed E-state index contributed by atoms with van der Waals surface area (Å²) in [5.74, 6) is 0. The Morgan fingerprint density at radius 2 is 1.62 bits per heavy atom. The first-order valence-corrected chi connectivity index (χ1v) is 7.93. The van der Waals surface area contributed by atoms with E-state index in [1.54, 1.807) is 38.1 Å². The van der Waals surface area contributed by atoms with Crippen LogP contribution in [0.2, 0.25) is 0 Å². The van der Waals surface area contributed by atoms with Crippen LogP contribution in [-0.4, -0.2) is 8.42 Å². The zero-order valence-corrected chi connectivity index (χ0v) is 13.0. The van der Waals surface area contributed by atoms with Crippen LogP contribution >= 0.6 is 0 Å². The average molecular weight is 300 g/mol. The Labute approximate surface area is 125 Å². The van der Waals surface area contributed by atoms with E-state index in [1.165, 1.54) is 0 Å². The number of anilines is 1. The monoisotopic (exact) mass is 300 g/mol. The van der Waals surface area contributed by atoms with Crippen molar-refractivity contribution < 1.29 is 8.42 Å². The Morgan fingerprint density at radius 3 is 2.19 bits per heavy atom. The van der Waals surface area contributed by atoms with Crippen molar-refractivity contribution in [1.29, 1.82) is 5.26 Å². The van der Waals surface area contributed by atoms with Crippen molar-refractivity contribution in [2.75, 3.05) is 4.72 Å². The van der Waals surface area contributed by atoms with E-state index >= 15 is 0 Å². The van der Waals surface area contributed by atoms with Crippen LogP contribution in [0.5, 0.6) is 0 Å². The second-order valence-electron chi connectivity index (χ2n) is 4.99. The highest BCUT2D eigenvalue weighted by molar-refractivity contribution is 7.92. The largest absolute Gasteiger partial charge is 0.278 e. The van der Waals surface area contributed by atoms with Crippen molar-refractivity contribution in [2.24, 2.45) is 0 Å². The number of nitrogens with one attached hydrogen (secondary N) is 1. The molecule has 0 heterocycles. The molecule has 0 radical (unpaired) electrons. The minimum atomic E-state index is -3.73. The van der Waals surface area contributed by atoms with Crippen LogP contribution in [0.3, 0.4) is 0 Å². The maximum Gasteiger partial charge on any atom is 0.262 e. The lowest BCUT2D eigenvalue weighted by Crippen LogP contribution is -2.16. The van der Waals surface area contributed by atoms with Gasteiger partial charge in [0.25, 0.3) is 10.0 Å². The van der Waals surface area contributed by atoms with E-state index in [1.807, 2.05) is 25.1 Å². The van der Waals surface area contributed by atoms with E-state index in [0.717, 1.165) is 5.56 Å². The van der Waals surface area contributed by atoms with Crippen LogP contribution in [-0.2, 0) is 10.0 Å². The van der Waals surface area contributed by atoms with E-state index in [4.69, 9.17) is 5.26 Å². The molecule has 5 heteroatoms. The van der Waals surface area contributed by atoms with Crippen LogP contribution in [0, 0.1) is 32.1 Å². The van der Waals surface area contributed by atoms with E-state index in [2.05, 4.69) is 4.72 Å². The zero-order chi connectivity index (χ0) is 15.6. The van der Waals surface area contributed by atoms with Crippen LogP contribution in [0.4, 0.5) is 5.69 Å². The van der Waals surface area contributed by atoms with Crippen LogP contribution in [0.15, 0.2) is 41.3 Å². The number of rotatable bonds is 3. The highest BCUT2D eigenvalue weighted by atomic mass is 32.2. The zero-order valence-electron chi connectivity index (χ0n) is 12.1. The smallest absolute Gasteiger partial charge is 0.262 e. The molecule has 2 rings (SSSR count). The third-order valence-electron chi connectivity index (χ3n) is 3.17. The number of benzene rings is 2. The van der Waals surface area contributed by atoms with Gasteiger partial charge in [-0.3, -0.25) is 4.72 Å². The summed E-state index contributed by atoms with van der Waals surface area (Å²) >= 11 is 0. The van der Waals surface area contributed by atoms with Crippen molar-refractivity contribution >= 4 is 15.7 Å². The van der Waals surface area contributed by atoms with Gasteiger partial charge in [0.15, 0.2) is 0 Å². The third kappa shape index (κ3) is 3.06. The topological polar surface area (TPSA) is 70.0 Å². The van der Waals surface area contributed by atoms with Gasteiger partial charge < -0.3 is 0 Å². The Bertz CT molecular complexity index is 811. The molecule has 108 valence electrons. The fourth-order valence-corrected chi connectivity index (χ4v) is 3.99. The predicted octanol–water partition coefficient (Wildman–Crippen LogP) is 3.28. The first kappa shape index (κ1) is 15.1. The molecule has 1 N–H and O–H groups in total. The summed E-state index contributed by atoms with van der Waals surface area (Å²) in [5, 5.41) is 9.05. The van der Waals surface area contributed by atoms with Crippen molar-refractivity contribution in [3.05, 3.63) is 58.7 Å². The Hall–Kier alpha value is -2.32. The van der Waals surface area contributed by atoms with Crippen LogP contribution < -0.4 is 4.72 Å². The molecule has 2 aromatic carbocycles. The Kier molecular flexibility index (Phi) is 4.01. The van der Waals surface area contributed by atoms with Gasteiger partial charge in [0.05, 0.1) is 16.1 Å². The van der Waals surface area contributed by atoms with Gasteiger partial charge in [-0.15, -0.1) is 0 Å². The lowest BCUT2D eigenvalue weighted by Gasteiger charge is -2.14. The number of nitrogens with zero attached hydrogens (tertiary/aromatic N) is 1. The van der Waals surface area contributed by atoms with Gasteiger partial charge in [0.1, 0.15) is 6.07 Å². The fourth-order valence-electron chi connectivity index (χ4n) is 2.46. The quantitative estimate of drug-likeness (QED) is 0.945. The van der Waals surface area contributed by atoms with Crippen molar-refractivity contribution in [2.45, 2.75) is 25.7 Å². The number of hydrogen-bond donors (Lipinski definition) is 1. The maximum atomic E-state index is 12.6.